The number of imide groups is 1. The highest BCUT2D eigenvalue weighted by atomic mass is 35.5. The van der Waals surface area contributed by atoms with Crippen LogP contribution in [0.25, 0.3) is 0 Å². The highest BCUT2D eigenvalue weighted by Gasteiger charge is 2.37. The molecule has 4 rings (SSSR count). The van der Waals surface area contributed by atoms with Crippen LogP contribution in [0.2, 0.25) is 10.0 Å². The molecule has 32 heavy (non-hydrogen) atoms. The van der Waals surface area contributed by atoms with Crippen molar-refractivity contribution >= 4 is 50.7 Å². The fraction of sp³-hybridized carbons (Fsp3) is 0.333. The molecule has 0 aromatic heterocycles. The third-order valence-electron chi connectivity index (χ3n) is 5.73. The lowest BCUT2D eigenvalue weighted by atomic mass is 10.1. The molecule has 1 fully saturated rings. The summed E-state index contributed by atoms with van der Waals surface area (Å²) in [7, 11) is -4.10. The molecular formula is C21H22Cl2N4O4S. The Labute approximate surface area is 196 Å². The van der Waals surface area contributed by atoms with Crippen molar-refractivity contribution in [2.24, 2.45) is 5.14 Å². The van der Waals surface area contributed by atoms with Crippen LogP contribution in [0, 0.1) is 0 Å². The predicted octanol–water partition coefficient (Wildman–Crippen LogP) is 2.45. The lowest BCUT2D eigenvalue weighted by Crippen LogP contribution is -2.47. The van der Waals surface area contributed by atoms with Gasteiger partial charge in [-0.25, -0.2) is 13.6 Å². The van der Waals surface area contributed by atoms with Crippen molar-refractivity contribution in [2.75, 3.05) is 44.2 Å². The topological polar surface area (TPSA) is 104 Å². The number of benzene rings is 2. The third-order valence-corrected chi connectivity index (χ3v) is 7.34. The van der Waals surface area contributed by atoms with Crippen LogP contribution in [0.1, 0.15) is 27.1 Å². The van der Waals surface area contributed by atoms with Gasteiger partial charge in [0, 0.05) is 43.4 Å². The van der Waals surface area contributed by atoms with Gasteiger partial charge in [0.05, 0.1) is 16.1 Å². The molecule has 0 aliphatic carbocycles. The number of nitrogens with two attached hydrogens (primary N) is 1. The van der Waals surface area contributed by atoms with Crippen molar-refractivity contribution in [3.05, 3.63) is 57.6 Å². The molecule has 0 atom stereocenters. The van der Waals surface area contributed by atoms with E-state index in [1.807, 2.05) is 24.3 Å². The van der Waals surface area contributed by atoms with E-state index >= 15 is 0 Å². The number of fused-ring (bicyclic) bond motifs is 1. The first-order valence-corrected chi connectivity index (χ1v) is 12.4. The molecule has 2 aromatic rings. The minimum absolute atomic E-state index is 0.0126. The van der Waals surface area contributed by atoms with E-state index in [4.69, 9.17) is 28.3 Å². The molecular weight excluding hydrogens is 475 g/mol. The van der Waals surface area contributed by atoms with Crippen LogP contribution in [0.5, 0.6) is 0 Å². The fourth-order valence-electron chi connectivity index (χ4n) is 4.07. The number of carbonyl (C=O) groups excluding carboxylic acids is 2. The second-order valence-corrected chi connectivity index (χ2v) is 10.2. The van der Waals surface area contributed by atoms with Gasteiger partial charge in [-0.05, 0) is 43.3 Å². The molecule has 0 radical (unpaired) electrons. The second-order valence-electron chi connectivity index (χ2n) is 7.80. The molecule has 2 heterocycles. The fourth-order valence-corrected chi connectivity index (χ4v) is 5.35. The third kappa shape index (κ3) is 4.62. The molecule has 2 aliphatic heterocycles. The number of nitrogens with zero attached hydrogens (tertiary/aromatic N) is 3. The zero-order valence-electron chi connectivity index (χ0n) is 17.1. The van der Waals surface area contributed by atoms with Crippen LogP contribution in [0.15, 0.2) is 41.3 Å². The minimum Gasteiger partial charge on any atom is -0.369 e. The molecule has 11 heteroatoms. The lowest BCUT2D eigenvalue weighted by molar-refractivity contribution is 0.0647. The first kappa shape index (κ1) is 23.0. The lowest BCUT2D eigenvalue weighted by Gasteiger charge is -2.36. The maximum absolute atomic E-state index is 12.7. The molecule has 1 saturated heterocycles. The molecule has 2 aliphatic rings. The number of amides is 2. The van der Waals surface area contributed by atoms with Crippen LogP contribution in [0.4, 0.5) is 5.69 Å². The van der Waals surface area contributed by atoms with Crippen LogP contribution in [-0.2, 0) is 10.0 Å². The molecule has 0 unspecified atom stereocenters. The molecule has 170 valence electrons. The van der Waals surface area contributed by atoms with Crippen LogP contribution < -0.4 is 10.0 Å². The van der Waals surface area contributed by atoms with Crippen molar-refractivity contribution in [1.82, 2.24) is 9.80 Å². The van der Waals surface area contributed by atoms with Gasteiger partial charge in [-0.2, -0.15) is 0 Å². The van der Waals surface area contributed by atoms with E-state index in [1.165, 1.54) is 6.07 Å². The summed E-state index contributed by atoms with van der Waals surface area (Å²) in [6.07, 6.45) is 0.610. The number of anilines is 1. The number of piperazine rings is 1. The van der Waals surface area contributed by atoms with Crippen molar-refractivity contribution < 1.29 is 18.0 Å². The van der Waals surface area contributed by atoms with Crippen LogP contribution >= 0.6 is 23.2 Å². The van der Waals surface area contributed by atoms with Gasteiger partial charge in [0.15, 0.2) is 0 Å². The van der Waals surface area contributed by atoms with E-state index in [9.17, 15) is 18.0 Å². The smallest absolute Gasteiger partial charge is 0.261 e. The number of carbonyl (C=O) groups is 2. The molecule has 0 spiro atoms. The molecule has 0 saturated carbocycles. The Morgan fingerprint density at radius 2 is 1.56 bits per heavy atom. The summed E-state index contributed by atoms with van der Waals surface area (Å²) in [5, 5.41) is 5.68. The summed E-state index contributed by atoms with van der Waals surface area (Å²) in [6, 6.07) is 10.1. The maximum atomic E-state index is 12.7. The van der Waals surface area contributed by atoms with Gasteiger partial charge in [0.1, 0.15) is 4.90 Å². The summed E-state index contributed by atoms with van der Waals surface area (Å²) in [6.45, 7) is 4.43. The standard InChI is InChI=1S/C21H22Cl2N4O4S/c22-14-3-1-4-15(11-14)26-9-7-25(8-10-26)5-2-6-27-20(28)16-12-18(23)19(32(24,30)31)13-17(16)21(27)29/h1,3-4,11-13H,2,5-10H2,(H2,24,30,31). The average molecular weight is 497 g/mol. The molecule has 8 nitrogen and oxygen atoms in total. The van der Waals surface area contributed by atoms with E-state index in [2.05, 4.69) is 9.80 Å². The Balaban J connectivity index is 1.33. The zero-order chi connectivity index (χ0) is 23.0. The first-order chi connectivity index (χ1) is 15.1. The molecule has 0 bridgehead atoms. The van der Waals surface area contributed by atoms with Crippen molar-refractivity contribution in [2.45, 2.75) is 11.3 Å². The maximum Gasteiger partial charge on any atom is 0.261 e. The average Bonchev–Trinajstić information content (AvgIpc) is 2.97. The number of hydrogen-bond acceptors (Lipinski definition) is 6. The predicted molar refractivity (Wildman–Crippen MR) is 123 cm³/mol. The molecule has 2 amide bonds. The Morgan fingerprint density at radius 1 is 0.906 bits per heavy atom. The Kier molecular flexibility index (Phi) is 6.46. The van der Waals surface area contributed by atoms with Gasteiger partial charge >= 0.3 is 0 Å². The van der Waals surface area contributed by atoms with Crippen molar-refractivity contribution in [1.29, 1.82) is 0 Å². The van der Waals surface area contributed by atoms with Crippen molar-refractivity contribution in [3.8, 4) is 0 Å². The molecule has 2 aromatic carbocycles. The summed E-state index contributed by atoms with van der Waals surface area (Å²) < 4.78 is 23.3. The number of sulfonamides is 1. The van der Waals surface area contributed by atoms with E-state index in [0.29, 0.717) is 11.4 Å². The first-order valence-electron chi connectivity index (χ1n) is 10.1. The highest BCUT2D eigenvalue weighted by molar-refractivity contribution is 7.89. The Morgan fingerprint density at radius 3 is 2.19 bits per heavy atom. The van der Waals surface area contributed by atoms with Gasteiger partial charge in [0.2, 0.25) is 10.0 Å². The largest absolute Gasteiger partial charge is 0.369 e. The van der Waals surface area contributed by atoms with Crippen LogP contribution in [-0.4, -0.2) is 69.3 Å². The quantitative estimate of drug-likeness (QED) is 0.615. The highest BCUT2D eigenvalue weighted by Crippen LogP contribution is 2.31. The molecule has 2 N–H and O–H groups in total. The second kappa shape index (κ2) is 8.99. The van der Waals surface area contributed by atoms with E-state index < -0.39 is 21.8 Å². The Hall–Kier alpha value is -2.17. The van der Waals surface area contributed by atoms with Gasteiger partial charge in [-0.15, -0.1) is 0 Å². The van der Waals surface area contributed by atoms with Gasteiger partial charge in [0.25, 0.3) is 11.8 Å². The summed E-state index contributed by atoms with van der Waals surface area (Å²) in [5.41, 5.74) is 1.21. The Bertz CT molecular complexity index is 1180. The minimum atomic E-state index is -4.10. The monoisotopic (exact) mass is 496 g/mol. The van der Waals surface area contributed by atoms with Crippen molar-refractivity contribution in [3.63, 3.8) is 0 Å². The van der Waals surface area contributed by atoms with E-state index in [0.717, 1.165) is 49.4 Å². The summed E-state index contributed by atoms with van der Waals surface area (Å²) in [4.78, 5) is 30.7. The van der Waals surface area contributed by atoms with Crippen LogP contribution in [0.3, 0.4) is 0 Å². The number of rotatable bonds is 6. The number of hydrogen-bond donors (Lipinski definition) is 1. The van der Waals surface area contributed by atoms with Gasteiger partial charge in [-0.1, -0.05) is 29.3 Å². The number of primary sulfonamides is 1. The SMILES string of the molecule is NS(=O)(=O)c1cc2c(cc1Cl)C(=O)N(CCCN1CCN(c3cccc(Cl)c3)CC1)C2=O. The number of halogens is 2. The van der Waals surface area contributed by atoms with Gasteiger partial charge in [-0.3, -0.25) is 19.4 Å². The van der Waals surface area contributed by atoms with E-state index in [-0.39, 0.29) is 27.6 Å². The zero-order valence-corrected chi connectivity index (χ0v) is 19.5. The summed E-state index contributed by atoms with van der Waals surface area (Å²) >= 11 is 12.0. The normalized spacial score (nSPS) is 17.2. The van der Waals surface area contributed by atoms with E-state index in [1.54, 1.807) is 0 Å². The summed E-state index contributed by atoms with van der Waals surface area (Å²) in [5.74, 6) is -1.00. The van der Waals surface area contributed by atoms with Gasteiger partial charge < -0.3 is 4.90 Å².